The van der Waals surface area contributed by atoms with Crippen LogP contribution in [0.1, 0.15) is 19.8 Å². The predicted molar refractivity (Wildman–Crippen MR) is 46.7 cm³/mol. The van der Waals surface area contributed by atoms with Crippen molar-refractivity contribution in [3.8, 4) is 0 Å². The van der Waals surface area contributed by atoms with Crippen LogP contribution in [0.2, 0.25) is 0 Å². The lowest BCUT2D eigenvalue weighted by Crippen LogP contribution is -2.50. The number of likely N-dealkylation sites (N-methyl/N-ethyl adjacent to an activating group) is 1. The summed E-state index contributed by atoms with van der Waals surface area (Å²) >= 11 is 0. The van der Waals surface area contributed by atoms with Crippen molar-refractivity contribution in [3.05, 3.63) is 0 Å². The number of nitrogens with zero attached hydrogens (tertiary/aromatic N) is 2. The fraction of sp³-hybridized carbons (Fsp3) is 1.00. The first-order chi connectivity index (χ1) is 5.27. The minimum atomic E-state index is 0.855. The predicted octanol–water partition coefficient (Wildman–Crippen LogP) is 0.785. The molecule has 2 atom stereocenters. The van der Waals surface area contributed by atoms with Gasteiger partial charge in [-0.2, -0.15) is 0 Å². The molecule has 2 saturated heterocycles. The van der Waals surface area contributed by atoms with Gasteiger partial charge in [-0.1, -0.05) is 0 Å². The molecule has 0 radical (unpaired) electrons. The topological polar surface area (TPSA) is 6.48 Å². The Morgan fingerprint density at radius 3 is 2.82 bits per heavy atom. The van der Waals surface area contributed by atoms with E-state index in [4.69, 9.17) is 0 Å². The highest BCUT2D eigenvalue weighted by Gasteiger charge is 2.33. The molecule has 0 bridgehead atoms. The van der Waals surface area contributed by atoms with E-state index in [0.29, 0.717) is 0 Å². The summed E-state index contributed by atoms with van der Waals surface area (Å²) in [6.45, 7) is 6.22. The quantitative estimate of drug-likeness (QED) is 0.509. The molecular formula is C9H18N2. The van der Waals surface area contributed by atoms with Gasteiger partial charge < -0.3 is 4.90 Å². The lowest BCUT2D eigenvalue weighted by atomic mass is 10.2. The van der Waals surface area contributed by atoms with Crippen molar-refractivity contribution in [2.75, 3.05) is 26.7 Å². The second-order valence-electron chi connectivity index (χ2n) is 4.08. The SMILES string of the molecule is CC1CCC2CN(C)CCN12. The Morgan fingerprint density at radius 1 is 1.18 bits per heavy atom. The molecule has 0 aromatic rings. The summed E-state index contributed by atoms with van der Waals surface area (Å²) in [6, 6.07) is 1.73. The number of fused-ring (bicyclic) bond motifs is 1. The van der Waals surface area contributed by atoms with Crippen LogP contribution in [0.5, 0.6) is 0 Å². The second kappa shape index (κ2) is 2.76. The van der Waals surface area contributed by atoms with Gasteiger partial charge in [0.2, 0.25) is 0 Å². The summed E-state index contributed by atoms with van der Waals surface area (Å²) in [5.41, 5.74) is 0. The van der Waals surface area contributed by atoms with E-state index < -0.39 is 0 Å². The highest BCUT2D eigenvalue weighted by Crippen LogP contribution is 2.26. The number of hydrogen-bond acceptors (Lipinski definition) is 2. The Balaban J connectivity index is 2.00. The summed E-state index contributed by atoms with van der Waals surface area (Å²) in [5.74, 6) is 0. The highest BCUT2D eigenvalue weighted by molar-refractivity contribution is 4.90. The fourth-order valence-corrected chi connectivity index (χ4v) is 2.46. The van der Waals surface area contributed by atoms with Gasteiger partial charge in [-0.25, -0.2) is 0 Å². The van der Waals surface area contributed by atoms with Crippen molar-refractivity contribution in [1.29, 1.82) is 0 Å². The Morgan fingerprint density at radius 2 is 2.00 bits per heavy atom. The molecule has 2 fully saturated rings. The van der Waals surface area contributed by atoms with Crippen molar-refractivity contribution in [2.45, 2.75) is 31.8 Å². The van der Waals surface area contributed by atoms with E-state index in [1.54, 1.807) is 0 Å². The first-order valence-electron chi connectivity index (χ1n) is 4.71. The molecule has 0 aromatic heterocycles. The Labute approximate surface area is 69.2 Å². The number of hydrogen-bond donors (Lipinski definition) is 0. The molecule has 2 aliphatic rings. The summed E-state index contributed by atoms with van der Waals surface area (Å²) in [5, 5.41) is 0. The average molecular weight is 154 g/mol. The fourth-order valence-electron chi connectivity index (χ4n) is 2.46. The van der Waals surface area contributed by atoms with E-state index in [2.05, 4.69) is 23.8 Å². The molecule has 0 saturated carbocycles. The molecule has 11 heavy (non-hydrogen) atoms. The highest BCUT2D eigenvalue weighted by atomic mass is 15.3. The molecule has 0 spiro atoms. The number of piperazine rings is 1. The molecule has 0 N–H and O–H groups in total. The summed E-state index contributed by atoms with van der Waals surface area (Å²) in [6.07, 6.45) is 2.84. The maximum absolute atomic E-state index is 2.68. The molecule has 2 heterocycles. The minimum absolute atomic E-state index is 0.855. The third kappa shape index (κ3) is 1.30. The van der Waals surface area contributed by atoms with Gasteiger partial charge in [0.15, 0.2) is 0 Å². The van der Waals surface area contributed by atoms with Crippen molar-refractivity contribution >= 4 is 0 Å². The van der Waals surface area contributed by atoms with Crippen LogP contribution in [-0.4, -0.2) is 48.6 Å². The molecule has 0 aromatic carbocycles. The van der Waals surface area contributed by atoms with Crippen molar-refractivity contribution in [3.63, 3.8) is 0 Å². The van der Waals surface area contributed by atoms with Crippen LogP contribution in [0.15, 0.2) is 0 Å². The first kappa shape index (κ1) is 7.56. The molecule has 2 heteroatoms. The van der Waals surface area contributed by atoms with Crippen LogP contribution in [-0.2, 0) is 0 Å². The summed E-state index contributed by atoms with van der Waals surface area (Å²) < 4.78 is 0. The Bertz CT molecular complexity index is 146. The van der Waals surface area contributed by atoms with Gasteiger partial charge >= 0.3 is 0 Å². The molecule has 2 rings (SSSR count). The minimum Gasteiger partial charge on any atom is -0.304 e. The molecule has 64 valence electrons. The normalized spacial score (nSPS) is 40.9. The van der Waals surface area contributed by atoms with Gasteiger partial charge in [0.1, 0.15) is 0 Å². The van der Waals surface area contributed by atoms with Crippen LogP contribution in [0, 0.1) is 0 Å². The molecule has 2 aliphatic heterocycles. The van der Waals surface area contributed by atoms with Crippen LogP contribution in [0.25, 0.3) is 0 Å². The molecule has 0 aliphatic carbocycles. The van der Waals surface area contributed by atoms with Crippen molar-refractivity contribution < 1.29 is 0 Å². The van der Waals surface area contributed by atoms with Crippen LogP contribution >= 0.6 is 0 Å². The van der Waals surface area contributed by atoms with Gasteiger partial charge in [0.05, 0.1) is 0 Å². The van der Waals surface area contributed by atoms with Crippen molar-refractivity contribution in [1.82, 2.24) is 9.80 Å². The van der Waals surface area contributed by atoms with E-state index in [9.17, 15) is 0 Å². The van der Waals surface area contributed by atoms with Gasteiger partial charge in [0.25, 0.3) is 0 Å². The van der Waals surface area contributed by atoms with E-state index in [-0.39, 0.29) is 0 Å². The van der Waals surface area contributed by atoms with Gasteiger partial charge in [-0.05, 0) is 26.8 Å². The monoisotopic (exact) mass is 154 g/mol. The largest absolute Gasteiger partial charge is 0.304 e. The smallest absolute Gasteiger partial charge is 0.0226 e. The molecule has 2 nitrogen and oxygen atoms in total. The molecular weight excluding hydrogens is 136 g/mol. The van der Waals surface area contributed by atoms with Crippen LogP contribution in [0.3, 0.4) is 0 Å². The van der Waals surface area contributed by atoms with E-state index >= 15 is 0 Å². The zero-order valence-electron chi connectivity index (χ0n) is 7.58. The van der Waals surface area contributed by atoms with E-state index in [1.807, 2.05) is 0 Å². The summed E-state index contributed by atoms with van der Waals surface area (Å²) in [7, 11) is 2.24. The Kier molecular flexibility index (Phi) is 1.90. The van der Waals surface area contributed by atoms with Gasteiger partial charge in [0, 0.05) is 31.7 Å². The second-order valence-corrected chi connectivity index (χ2v) is 4.08. The third-order valence-corrected chi connectivity index (χ3v) is 3.22. The third-order valence-electron chi connectivity index (χ3n) is 3.22. The zero-order valence-corrected chi connectivity index (χ0v) is 7.58. The van der Waals surface area contributed by atoms with E-state index in [0.717, 1.165) is 12.1 Å². The van der Waals surface area contributed by atoms with Crippen LogP contribution < -0.4 is 0 Å². The van der Waals surface area contributed by atoms with E-state index in [1.165, 1.54) is 32.5 Å². The van der Waals surface area contributed by atoms with Crippen LogP contribution in [0.4, 0.5) is 0 Å². The zero-order chi connectivity index (χ0) is 7.84. The summed E-state index contributed by atoms with van der Waals surface area (Å²) in [4.78, 5) is 5.14. The molecule has 0 amide bonds. The maximum Gasteiger partial charge on any atom is 0.0226 e. The van der Waals surface area contributed by atoms with Gasteiger partial charge in [-0.3, -0.25) is 4.90 Å². The standard InChI is InChI=1S/C9H18N2/c1-8-3-4-9-7-10(2)5-6-11(8)9/h8-9H,3-7H2,1-2H3. The van der Waals surface area contributed by atoms with Gasteiger partial charge in [-0.15, -0.1) is 0 Å². The number of rotatable bonds is 0. The lowest BCUT2D eigenvalue weighted by molar-refractivity contribution is 0.0993. The lowest BCUT2D eigenvalue weighted by Gasteiger charge is -2.37. The Hall–Kier alpha value is -0.0800. The maximum atomic E-state index is 2.68. The van der Waals surface area contributed by atoms with Crippen molar-refractivity contribution in [2.24, 2.45) is 0 Å². The average Bonchev–Trinajstić information content (AvgIpc) is 2.32. The molecule has 2 unspecified atom stereocenters. The first-order valence-corrected chi connectivity index (χ1v) is 4.71.